The molecular weight excluding hydrogens is 336 g/mol. The molecule has 3 heteroatoms. The Hall–Kier alpha value is -0.573. The first kappa shape index (κ1) is 20.2. The fraction of sp³-hybridized carbons (Fsp3) is 0.870. The van der Waals surface area contributed by atoms with Crippen LogP contribution in [0.15, 0.2) is 12.2 Å². The lowest BCUT2D eigenvalue weighted by Gasteiger charge is -2.54. The van der Waals surface area contributed by atoms with E-state index in [2.05, 4.69) is 6.58 Å². The quantitative estimate of drug-likeness (QED) is 0.414. The minimum atomic E-state index is -0.917. The van der Waals surface area contributed by atoms with Gasteiger partial charge in [0.05, 0.1) is 0 Å². The fourth-order valence-corrected chi connectivity index (χ4v) is 9.15. The van der Waals surface area contributed by atoms with Crippen molar-refractivity contribution in [2.75, 3.05) is 0 Å². The number of rotatable bonds is 6. The maximum absolute atomic E-state index is 12.4. The van der Waals surface area contributed by atoms with E-state index in [9.17, 15) is 4.79 Å². The van der Waals surface area contributed by atoms with Crippen LogP contribution in [0.5, 0.6) is 0 Å². The molecule has 0 N–H and O–H groups in total. The van der Waals surface area contributed by atoms with Gasteiger partial charge in [-0.05, 0) is 24.7 Å². The summed E-state index contributed by atoms with van der Waals surface area (Å²) >= 11 is 0. The van der Waals surface area contributed by atoms with Crippen molar-refractivity contribution >= 4 is 15.7 Å². The van der Waals surface area contributed by atoms with Crippen molar-refractivity contribution in [2.45, 2.75) is 108 Å². The van der Waals surface area contributed by atoms with E-state index in [4.69, 9.17) is 4.43 Å². The van der Waals surface area contributed by atoms with Crippen LogP contribution >= 0.6 is 0 Å². The van der Waals surface area contributed by atoms with Crippen molar-refractivity contribution < 1.29 is 9.22 Å². The first-order valence-electron chi connectivity index (χ1n) is 11.5. The molecule has 0 aliphatic heterocycles. The van der Waals surface area contributed by atoms with E-state index in [0.717, 1.165) is 17.8 Å². The molecule has 3 aliphatic rings. The summed E-state index contributed by atoms with van der Waals surface area (Å²) in [4.78, 5) is 12.4. The van der Waals surface area contributed by atoms with Gasteiger partial charge in [0.1, 0.15) is 0 Å². The largest absolute Gasteiger partial charge is 0.521 e. The summed E-state index contributed by atoms with van der Waals surface area (Å²) < 4.78 is 6.13. The van der Waals surface area contributed by atoms with Crippen molar-refractivity contribution in [2.24, 2.45) is 17.8 Å². The van der Waals surface area contributed by atoms with Crippen LogP contribution in [-0.2, 0) is 9.22 Å². The van der Waals surface area contributed by atoms with E-state index in [0.29, 0.717) is 10.6 Å². The van der Waals surface area contributed by atoms with Crippen LogP contribution in [0.1, 0.15) is 103 Å². The van der Waals surface area contributed by atoms with Gasteiger partial charge in [0, 0.05) is 10.6 Å². The van der Waals surface area contributed by atoms with Crippen molar-refractivity contribution in [3.05, 3.63) is 12.2 Å². The lowest BCUT2D eigenvalue weighted by Crippen LogP contribution is -2.46. The van der Waals surface area contributed by atoms with Gasteiger partial charge in [0.25, 0.3) is 0 Å². The number of hydrogen-bond acceptors (Lipinski definition) is 2. The van der Waals surface area contributed by atoms with Gasteiger partial charge in [-0.3, -0.25) is 0 Å². The van der Waals surface area contributed by atoms with Gasteiger partial charge >= 0.3 is 5.97 Å². The second-order valence-corrected chi connectivity index (χ2v) is 11.3. The monoisotopic (exact) mass is 376 g/mol. The smallest absolute Gasteiger partial charge is 0.319 e. The van der Waals surface area contributed by atoms with Crippen LogP contribution in [0, 0.1) is 17.8 Å². The summed E-state index contributed by atoms with van der Waals surface area (Å²) in [5.74, 6) is 2.37. The van der Waals surface area contributed by atoms with Crippen LogP contribution in [-0.4, -0.2) is 15.7 Å². The van der Waals surface area contributed by atoms with Crippen LogP contribution in [0.3, 0.4) is 0 Å². The fourth-order valence-electron chi connectivity index (χ4n) is 6.59. The van der Waals surface area contributed by atoms with E-state index in [-0.39, 0.29) is 5.97 Å². The minimum Gasteiger partial charge on any atom is -0.521 e. The van der Waals surface area contributed by atoms with Crippen LogP contribution in [0.4, 0.5) is 0 Å². The zero-order chi connectivity index (χ0) is 18.4. The maximum Gasteiger partial charge on any atom is 0.319 e. The predicted octanol–water partition coefficient (Wildman–Crippen LogP) is 6.09. The van der Waals surface area contributed by atoms with Crippen molar-refractivity contribution in [3.8, 4) is 0 Å². The van der Waals surface area contributed by atoms with E-state index >= 15 is 0 Å². The SMILES string of the molecule is C=C(C)C(=O)O[SiH2]C(C1CCCCC1)(C1CCCCC1)C1CCCCC1. The van der Waals surface area contributed by atoms with Gasteiger partial charge in [0.15, 0.2) is 0 Å². The number of carbonyl (C=O) groups excluding carboxylic acids is 1. The molecule has 148 valence electrons. The Kier molecular flexibility index (Phi) is 7.42. The summed E-state index contributed by atoms with van der Waals surface area (Å²) in [5, 5.41) is 0.381. The molecule has 0 unspecified atom stereocenters. The molecule has 0 spiro atoms. The van der Waals surface area contributed by atoms with E-state index < -0.39 is 9.76 Å². The number of carbonyl (C=O) groups is 1. The molecule has 0 radical (unpaired) electrons. The highest BCUT2D eigenvalue weighted by atomic mass is 28.2. The lowest BCUT2D eigenvalue weighted by atomic mass is 9.61. The molecule has 3 saturated carbocycles. The molecule has 3 fully saturated rings. The lowest BCUT2D eigenvalue weighted by molar-refractivity contribution is -0.130. The Labute approximate surface area is 163 Å². The Balaban J connectivity index is 1.90. The van der Waals surface area contributed by atoms with E-state index in [1.54, 1.807) is 6.92 Å². The van der Waals surface area contributed by atoms with Gasteiger partial charge in [-0.25, -0.2) is 4.79 Å². The molecule has 0 amide bonds. The predicted molar refractivity (Wildman–Crippen MR) is 112 cm³/mol. The molecule has 0 aromatic carbocycles. The second kappa shape index (κ2) is 9.57. The Morgan fingerprint density at radius 2 is 1.12 bits per heavy atom. The molecule has 0 aromatic heterocycles. The average molecular weight is 377 g/mol. The highest BCUT2D eigenvalue weighted by Gasteiger charge is 2.52. The summed E-state index contributed by atoms with van der Waals surface area (Å²) in [7, 11) is -0.917. The standard InChI is InChI=1S/C23H40O2Si/c1-18(2)22(24)25-26-23(19-12-6-3-7-13-19,20-14-8-4-9-15-20)21-16-10-5-11-17-21/h19-21H,1,3-17,26H2,2H3. The van der Waals surface area contributed by atoms with Gasteiger partial charge in [0.2, 0.25) is 9.76 Å². The van der Waals surface area contributed by atoms with Crippen molar-refractivity contribution in [3.63, 3.8) is 0 Å². The van der Waals surface area contributed by atoms with Gasteiger partial charge in [-0.1, -0.05) is 103 Å². The number of hydrogen-bond donors (Lipinski definition) is 0. The van der Waals surface area contributed by atoms with Gasteiger partial charge in [-0.15, -0.1) is 0 Å². The third kappa shape index (κ3) is 4.46. The van der Waals surface area contributed by atoms with Crippen LogP contribution in [0.25, 0.3) is 0 Å². The third-order valence-corrected chi connectivity index (χ3v) is 10.5. The van der Waals surface area contributed by atoms with E-state index in [1.165, 1.54) is 96.3 Å². The molecule has 0 saturated heterocycles. The summed E-state index contributed by atoms with van der Waals surface area (Å²) in [6, 6.07) is 0. The molecule has 3 rings (SSSR count). The third-order valence-electron chi connectivity index (χ3n) is 7.90. The Morgan fingerprint density at radius 1 is 0.769 bits per heavy atom. The first-order chi connectivity index (χ1) is 12.6. The molecule has 3 aliphatic carbocycles. The molecule has 0 aromatic rings. The van der Waals surface area contributed by atoms with Gasteiger partial charge < -0.3 is 4.43 Å². The Morgan fingerprint density at radius 3 is 1.42 bits per heavy atom. The maximum atomic E-state index is 12.4. The van der Waals surface area contributed by atoms with Crippen molar-refractivity contribution in [1.29, 1.82) is 0 Å². The highest BCUT2D eigenvalue weighted by Crippen LogP contribution is 2.61. The van der Waals surface area contributed by atoms with E-state index in [1.807, 2.05) is 0 Å². The van der Waals surface area contributed by atoms with Crippen LogP contribution in [0.2, 0.25) is 5.04 Å². The highest BCUT2D eigenvalue weighted by molar-refractivity contribution is 6.36. The summed E-state index contributed by atoms with van der Waals surface area (Å²) in [5.41, 5.74) is 0.585. The minimum absolute atomic E-state index is 0.108. The first-order valence-corrected chi connectivity index (χ1v) is 12.8. The zero-order valence-electron chi connectivity index (χ0n) is 17.1. The average Bonchev–Trinajstić information content (AvgIpc) is 2.70. The Bertz CT molecular complexity index is 423. The van der Waals surface area contributed by atoms with Crippen molar-refractivity contribution in [1.82, 2.24) is 0 Å². The molecule has 26 heavy (non-hydrogen) atoms. The molecule has 0 bridgehead atoms. The molecule has 0 heterocycles. The zero-order valence-corrected chi connectivity index (χ0v) is 18.5. The molecule has 0 atom stereocenters. The summed E-state index contributed by atoms with van der Waals surface area (Å²) in [6.07, 6.45) is 21.0. The topological polar surface area (TPSA) is 26.3 Å². The molecule has 2 nitrogen and oxygen atoms in total. The van der Waals surface area contributed by atoms with Crippen LogP contribution < -0.4 is 0 Å². The summed E-state index contributed by atoms with van der Waals surface area (Å²) in [6.45, 7) is 5.65. The second-order valence-electron chi connectivity index (χ2n) is 9.47. The molecular formula is C23H40O2Si. The normalized spacial score (nSPS) is 24.8. The van der Waals surface area contributed by atoms with Gasteiger partial charge in [-0.2, -0.15) is 0 Å².